The SMILES string of the molecule is [CH]CC(COCCC)OCCC. The van der Waals surface area contributed by atoms with Crippen molar-refractivity contribution in [1.29, 1.82) is 0 Å². The zero-order chi connectivity index (χ0) is 9.23. The van der Waals surface area contributed by atoms with Crippen molar-refractivity contribution in [3.63, 3.8) is 0 Å². The van der Waals surface area contributed by atoms with Crippen LogP contribution in [0, 0.1) is 6.92 Å². The van der Waals surface area contributed by atoms with Gasteiger partial charge in [-0.3, -0.25) is 0 Å². The van der Waals surface area contributed by atoms with E-state index in [1.807, 2.05) is 0 Å². The average molecular weight is 172 g/mol. The highest BCUT2D eigenvalue weighted by atomic mass is 16.5. The third-order valence-electron chi connectivity index (χ3n) is 1.47. The van der Waals surface area contributed by atoms with Crippen LogP contribution < -0.4 is 0 Å². The van der Waals surface area contributed by atoms with Gasteiger partial charge in [0.2, 0.25) is 0 Å². The van der Waals surface area contributed by atoms with Gasteiger partial charge in [0, 0.05) is 13.2 Å². The first-order chi connectivity index (χ1) is 5.85. The molecule has 0 rings (SSSR count). The van der Waals surface area contributed by atoms with Crippen LogP contribution in [0.15, 0.2) is 0 Å². The fourth-order valence-electron chi connectivity index (χ4n) is 0.828. The van der Waals surface area contributed by atoms with Crippen LogP contribution in [0.2, 0.25) is 0 Å². The van der Waals surface area contributed by atoms with Crippen molar-refractivity contribution < 1.29 is 9.47 Å². The molecule has 0 saturated carbocycles. The second kappa shape index (κ2) is 9.01. The van der Waals surface area contributed by atoms with E-state index in [4.69, 9.17) is 16.4 Å². The molecule has 0 heterocycles. The van der Waals surface area contributed by atoms with Gasteiger partial charge in [-0.2, -0.15) is 0 Å². The molecule has 0 fully saturated rings. The summed E-state index contributed by atoms with van der Waals surface area (Å²) in [6, 6.07) is 0. The quantitative estimate of drug-likeness (QED) is 0.523. The lowest BCUT2D eigenvalue weighted by Crippen LogP contribution is -2.19. The Kier molecular flexibility index (Phi) is 8.95. The Bertz CT molecular complexity index is 83.9. The van der Waals surface area contributed by atoms with Gasteiger partial charge in [-0.15, -0.1) is 0 Å². The van der Waals surface area contributed by atoms with E-state index in [-0.39, 0.29) is 6.10 Å². The summed E-state index contributed by atoms with van der Waals surface area (Å²) >= 11 is 0. The lowest BCUT2D eigenvalue weighted by Gasteiger charge is -2.15. The van der Waals surface area contributed by atoms with E-state index in [1.54, 1.807) is 0 Å². The summed E-state index contributed by atoms with van der Waals surface area (Å²) in [5.74, 6) is 0. The van der Waals surface area contributed by atoms with Gasteiger partial charge in [0.05, 0.1) is 12.7 Å². The lowest BCUT2D eigenvalue weighted by atomic mass is 10.3. The van der Waals surface area contributed by atoms with Crippen molar-refractivity contribution in [1.82, 2.24) is 0 Å². The molecule has 12 heavy (non-hydrogen) atoms. The lowest BCUT2D eigenvalue weighted by molar-refractivity contribution is -0.0146. The van der Waals surface area contributed by atoms with Gasteiger partial charge in [0.1, 0.15) is 0 Å². The van der Waals surface area contributed by atoms with Crippen molar-refractivity contribution in [2.45, 2.75) is 39.2 Å². The van der Waals surface area contributed by atoms with Crippen molar-refractivity contribution in [3.8, 4) is 0 Å². The molecule has 0 aliphatic carbocycles. The van der Waals surface area contributed by atoms with E-state index >= 15 is 0 Å². The van der Waals surface area contributed by atoms with Gasteiger partial charge in [-0.25, -0.2) is 0 Å². The van der Waals surface area contributed by atoms with E-state index in [1.165, 1.54) is 0 Å². The van der Waals surface area contributed by atoms with E-state index in [2.05, 4.69) is 13.8 Å². The van der Waals surface area contributed by atoms with Gasteiger partial charge < -0.3 is 9.47 Å². The molecule has 0 aliphatic rings. The molecule has 0 aromatic carbocycles. The monoisotopic (exact) mass is 172 g/mol. The Morgan fingerprint density at radius 3 is 2.33 bits per heavy atom. The third kappa shape index (κ3) is 6.62. The molecule has 0 spiro atoms. The molecule has 1 unspecified atom stereocenters. The highest BCUT2D eigenvalue weighted by molar-refractivity contribution is 4.57. The molecule has 1 atom stereocenters. The topological polar surface area (TPSA) is 18.5 Å². The maximum Gasteiger partial charge on any atom is 0.0811 e. The van der Waals surface area contributed by atoms with E-state index in [0.29, 0.717) is 13.0 Å². The summed E-state index contributed by atoms with van der Waals surface area (Å²) in [4.78, 5) is 0. The molecule has 0 aromatic rings. The van der Waals surface area contributed by atoms with Gasteiger partial charge in [0.25, 0.3) is 0 Å². The van der Waals surface area contributed by atoms with Crippen molar-refractivity contribution in [3.05, 3.63) is 6.92 Å². The van der Waals surface area contributed by atoms with Gasteiger partial charge in [0.15, 0.2) is 0 Å². The number of rotatable bonds is 8. The summed E-state index contributed by atoms with van der Waals surface area (Å²) in [6.07, 6.45) is 2.70. The summed E-state index contributed by atoms with van der Waals surface area (Å²) in [5, 5.41) is 0. The predicted octanol–water partition coefficient (Wildman–Crippen LogP) is 2.31. The molecule has 0 bridgehead atoms. The largest absolute Gasteiger partial charge is 0.379 e. The minimum atomic E-state index is 0.0801. The molecule has 0 aromatic heterocycles. The summed E-state index contributed by atoms with van der Waals surface area (Å²) in [6.45, 7) is 11.9. The van der Waals surface area contributed by atoms with E-state index in [0.717, 1.165) is 26.1 Å². The van der Waals surface area contributed by atoms with E-state index < -0.39 is 0 Å². The fraction of sp³-hybridized carbons (Fsp3) is 0.900. The Balaban J connectivity index is 3.26. The molecule has 72 valence electrons. The van der Waals surface area contributed by atoms with Crippen molar-refractivity contribution in [2.75, 3.05) is 19.8 Å². The van der Waals surface area contributed by atoms with E-state index in [9.17, 15) is 0 Å². The Labute approximate surface area is 76.3 Å². The summed E-state index contributed by atoms with van der Waals surface area (Å²) in [5.41, 5.74) is 0. The number of hydrogen-bond acceptors (Lipinski definition) is 2. The minimum Gasteiger partial charge on any atom is -0.379 e. The number of ether oxygens (including phenoxy) is 2. The molecule has 0 aliphatic heterocycles. The van der Waals surface area contributed by atoms with Gasteiger partial charge in [-0.1, -0.05) is 13.8 Å². The smallest absolute Gasteiger partial charge is 0.0811 e. The molecule has 2 heteroatoms. The Morgan fingerprint density at radius 1 is 1.17 bits per heavy atom. The van der Waals surface area contributed by atoms with Crippen LogP contribution in [0.4, 0.5) is 0 Å². The minimum absolute atomic E-state index is 0.0801. The zero-order valence-electron chi connectivity index (χ0n) is 8.21. The summed E-state index contributed by atoms with van der Waals surface area (Å²) < 4.78 is 10.8. The zero-order valence-corrected chi connectivity index (χ0v) is 8.21. The molecule has 2 radical (unpaired) electrons. The second-order valence-corrected chi connectivity index (χ2v) is 2.80. The molecular formula is C10H20O2. The maximum absolute atomic E-state index is 5.49. The third-order valence-corrected chi connectivity index (χ3v) is 1.47. The normalized spacial score (nSPS) is 13.2. The molecule has 0 N–H and O–H groups in total. The maximum atomic E-state index is 5.49. The Morgan fingerprint density at radius 2 is 1.83 bits per heavy atom. The number of hydrogen-bond donors (Lipinski definition) is 0. The molecular weight excluding hydrogens is 152 g/mol. The first-order valence-corrected chi connectivity index (χ1v) is 4.74. The van der Waals surface area contributed by atoms with Crippen LogP contribution in [0.1, 0.15) is 33.1 Å². The van der Waals surface area contributed by atoms with Crippen LogP contribution in [0.3, 0.4) is 0 Å². The fourth-order valence-corrected chi connectivity index (χ4v) is 0.828. The standard InChI is InChI=1S/C10H20O2/c1-4-7-11-9-10(6-3)12-8-5-2/h3,10H,4-9H2,1-2H3. The summed E-state index contributed by atoms with van der Waals surface area (Å²) in [7, 11) is 0. The second-order valence-electron chi connectivity index (χ2n) is 2.80. The highest BCUT2D eigenvalue weighted by Crippen LogP contribution is 1.99. The van der Waals surface area contributed by atoms with Crippen LogP contribution >= 0.6 is 0 Å². The average Bonchev–Trinajstić information content (AvgIpc) is 2.11. The molecule has 2 nitrogen and oxygen atoms in total. The predicted molar refractivity (Wildman–Crippen MR) is 50.1 cm³/mol. The van der Waals surface area contributed by atoms with Crippen LogP contribution in [-0.2, 0) is 9.47 Å². The van der Waals surface area contributed by atoms with Crippen LogP contribution in [0.5, 0.6) is 0 Å². The van der Waals surface area contributed by atoms with Gasteiger partial charge in [-0.05, 0) is 26.2 Å². The van der Waals surface area contributed by atoms with Crippen molar-refractivity contribution in [2.24, 2.45) is 0 Å². The molecule has 0 saturated heterocycles. The Hall–Kier alpha value is -0.0800. The molecule has 0 amide bonds. The van der Waals surface area contributed by atoms with Crippen LogP contribution in [0.25, 0.3) is 0 Å². The van der Waals surface area contributed by atoms with Crippen molar-refractivity contribution >= 4 is 0 Å². The highest BCUT2D eigenvalue weighted by Gasteiger charge is 2.04. The van der Waals surface area contributed by atoms with Gasteiger partial charge >= 0.3 is 0 Å². The first-order valence-electron chi connectivity index (χ1n) is 4.74. The first kappa shape index (κ1) is 11.9. The van der Waals surface area contributed by atoms with Crippen LogP contribution in [-0.4, -0.2) is 25.9 Å².